The van der Waals surface area contributed by atoms with E-state index in [0.717, 1.165) is 22.4 Å². The molecular weight excluding hydrogens is 298 g/mol. The molecule has 1 N–H and O–H groups in total. The molecule has 0 aliphatic heterocycles. The third-order valence-electron chi connectivity index (χ3n) is 2.65. The number of rotatable bonds is 3. The van der Waals surface area contributed by atoms with E-state index in [1.807, 2.05) is 0 Å². The fourth-order valence-corrected chi connectivity index (χ4v) is 3.71. The summed E-state index contributed by atoms with van der Waals surface area (Å²) in [6.45, 7) is 1.68. The number of aromatic nitrogens is 5. The molecule has 3 rings (SSSR count). The molecule has 0 saturated carbocycles. The topological polar surface area (TPSA) is 93.8 Å². The molecule has 3 aromatic rings. The molecule has 0 aliphatic carbocycles. The second-order valence-electron chi connectivity index (χ2n) is 3.99. The van der Waals surface area contributed by atoms with Crippen LogP contribution in [-0.2, 0) is 7.05 Å². The molecule has 0 bridgehead atoms. The highest BCUT2D eigenvalue weighted by Crippen LogP contribution is 2.34. The molecule has 0 unspecified atom stereocenters. The van der Waals surface area contributed by atoms with Gasteiger partial charge in [-0.05, 0) is 18.7 Å². The second kappa shape index (κ2) is 4.84. The Morgan fingerprint density at radius 1 is 1.45 bits per heavy atom. The summed E-state index contributed by atoms with van der Waals surface area (Å²) in [5.74, 6) is -0.957. The van der Waals surface area contributed by atoms with Crippen molar-refractivity contribution in [2.45, 2.75) is 16.3 Å². The standard InChI is InChI=1S/C11H9N5O2S2/c1-5-7(10(17)18)19-11(15-5)20-9-6-3-14-16(2)8(6)12-4-13-9/h3-4H,1-2H3,(H,17,18). The number of aromatic carboxylic acids is 1. The van der Waals surface area contributed by atoms with Gasteiger partial charge in [-0.1, -0.05) is 11.3 Å². The first-order valence-corrected chi connectivity index (χ1v) is 7.21. The molecule has 3 aromatic heterocycles. The molecule has 0 saturated heterocycles. The van der Waals surface area contributed by atoms with Crippen molar-refractivity contribution in [1.29, 1.82) is 0 Å². The Morgan fingerprint density at radius 2 is 2.25 bits per heavy atom. The quantitative estimate of drug-likeness (QED) is 0.739. The molecule has 0 atom stereocenters. The van der Waals surface area contributed by atoms with Crippen molar-refractivity contribution in [2.75, 3.05) is 0 Å². The van der Waals surface area contributed by atoms with Gasteiger partial charge in [0.2, 0.25) is 0 Å². The van der Waals surface area contributed by atoms with Crippen molar-refractivity contribution < 1.29 is 9.90 Å². The average molecular weight is 307 g/mol. The minimum absolute atomic E-state index is 0.254. The Bertz CT molecular complexity index is 810. The average Bonchev–Trinajstić information content (AvgIpc) is 2.95. The maximum absolute atomic E-state index is 11.0. The first-order chi connectivity index (χ1) is 9.56. The van der Waals surface area contributed by atoms with E-state index in [1.165, 1.54) is 18.1 Å². The largest absolute Gasteiger partial charge is 0.477 e. The number of fused-ring (bicyclic) bond motifs is 1. The number of hydrogen-bond acceptors (Lipinski definition) is 7. The maximum atomic E-state index is 11.0. The normalized spacial score (nSPS) is 11.1. The smallest absolute Gasteiger partial charge is 0.347 e. The number of hydrogen-bond donors (Lipinski definition) is 1. The van der Waals surface area contributed by atoms with Gasteiger partial charge in [0, 0.05) is 7.05 Å². The molecular formula is C11H9N5O2S2. The van der Waals surface area contributed by atoms with E-state index in [4.69, 9.17) is 5.11 Å². The number of carbonyl (C=O) groups is 1. The van der Waals surface area contributed by atoms with E-state index < -0.39 is 5.97 Å². The zero-order valence-corrected chi connectivity index (χ0v) is 12.2. The third kappa shape index (κ3) is 2.14. The lowest BCUT2D eigenvalue weighted by atomic mass is 10.4. The van der Waals surface area contributed by atoms with Crippen LogP contribution in [0.15, 0.2) is 21.9 Å². The van der Waals surface area contributed by atoms with Crippen LogP contribution in [0.2, 0.25) is 0 Å². The van der Waals surface area contributed by atoms with E-state index in [2.05, 4.69) is 20.1 Å². The Kier molecular flexibility index (Phi) is 3.14. The lowest BCUT2D eigenvalue weighted by molar-refractivity contribution is 0.0701. The predicted octanol–water partition coefficient (Wildman–Crippen LogP) is 1.98. The van der Waals surface area contributed by atoms with Gasteiger partial charge in [-0.25, -0.2) is 19.7 Å². The molecule has 0 fully saturated rings. The van der Waals surface area contributed by atoms with Crippen LogP contribution in [0.1, 0.15) is 15.4 Å². The summed E-state index contributed by atoms with van der Waals surface area (Å²) in [6, 6.07) is 0. The van der Waals surface area contributed by atoms with Gasteiger partial charge in [0.15, 0.2) is 9.99 Å². The van der Waals surface area contributed by atoms with E-state index >= 15 is 0 Å². The zero-order valence-electron chi connectivity index (χ0n) is 10.6. The first-order valence-electron chi connectivity index (χ1n) is 5.57. The van der Waals surface area contributed by atoms with Crippen molar-refractivity contribution in [1.82, 2.24) is 24.7 Å². The van der Waals surface area contributed by atoms with E-state index in [-0.39, 0.29) is 4.88 Å². The molecule has 102 valence electrons. The summed E-state index contributed by atoms with van der Waals surface area (Å²) >= 11 is 2.46. The van der Waals surface area contributed by atoms with Gasteiger partial charge >= 0.3 is 5.97 Å². The number of carboxylic acid groups (broad SMARTS) is 1. The highest BCUT2D eigenvalue weighted by Gasteiger charge is 2.16. The van der Waals surface area contributed by atoms with Crippen LogP contribution in [0.5, 0.6) is 0 Å². The molecule has 0 amide bonds. The summed E-state index contributed by atoms with van der Waals surface area (Å²) in [5, 5.41) is 14.7. The van der Waals surface area contributed by atoms with Gasteiger partial charge in [0.1, 0.15) is 16.2 Å². The predicted molar refractivity (Wildman–Crippen MR) is 74.2 cm³/mol. The third-order valence-corrected chi connectivity index (χ3v) is 4.87. The summed E-state index contributed by atoms with van der Waals surface area (Å²) in [7, 11) is 1.81. The Hall–Kier alpha value is -2.00. The van der Waals surface area contributed by atoms with Crippen LogP contribution in [0.3, 0.4) is 0 Å². The van der Waals surface area contributed by atoms with Crippen LogP contribution < -0.4 is 0 Å². The second-order valence-corrected chi connectivity index (χ2v) is 6.22. The molecule has 0 radical (unpaired) electrons. The minimum atomic E-state index is -0.957. The maximum Gasteiger partial charge on any atom is 0.347 e. The fourth-order valence-electron chi connectivity index (χ4n) is 1.72. The lowest BCUT2D eigenvalue weighted by Gasteiger charge is -1.98. The van der Waals surface area contributed by atoms with Crippen LogP contribution in [-0.4, -0.2) is 35.8 Å². The Morgan fingerprint density at radius 3 is 2.95 bits per heavy atom. The summed E-state index contributed by atoms with van der Waals surface area (Å²) in [6.07, 6.45) is 3.15. The molecule has 3 heterocycles. The molecule has 0 aromatic carbocycles. The van der Waals surface area contributed by atoms with Crippen LogP contribution in [0.4, 0.5) is 0 Å². The molecule has 20 heavy (non-hydrogen) atoms. The highest BCUT2D eigenvalue weighted by atomic mass is 32.2. The van der Waals surface area contributed by atoms with E-state index in [0.29, 0.717) is 15.1 Å². The summed E-state index contributed by atoms with van der Waals surface area (Å²) in [4.78, 5) is 23.9. The summed E-state index contributed by atoms with van der Waals surface area (Å²) in [5.41, 5.74) is 1.25. The number of thiazole rings is 1. The molecule has 9 heteroatoms. The van der Waals surface area contributed by atoms with Gasteiger partial charge in [0.05, 0.1) is 17.3 Å². The molecule has 0 aliphatic rings. The molecule has 7 nitrogen and oxygen atoms in total. The van der Waals surface area contributed by atoms with Crippen molar-refractivity contribution >= 4 is 40.1 Å². The van der Waals surface area contributed by atoms with Crippen molar-refractivity contribution in [3.05, 3.63) is 23.1 Å². The van der Waals surface area contributed by atoms with Crippen LogP contribution in [0.25, 0.3) is 11.0 Å². The minimum Gasteiger partial charge on any atom is -0.477 e. The van der Waals surface area contributed by atoms with Gasteiger partial charge in [0.25, 0.3) is 0 Å². The van der Waals surface area contributed by atoms with Crippen LogP contribution >= 0.6 is 23.1 Å². The van der Waals surface area contributed by atoms with Crippen molar-refractivity contribution in [2.24, 2.45) is 7.05 Å². The SMILES string of the molecule is Cc1nc(Sc2ncnc3c2cnn3C)sc1C(=O)O. The number of nitrogens with zero attached hydrogens (tertiary/aromatic N) is 5. The van der Waals surface area contributed by atoms with Gasteiger partial charge < -0.3 is 5.11 Å². The summed E-state index contributed by atoms with van der Waals surface area (Å²) < 4.78 is 2.31. The van der Waals surface area contributed by atoms with Crippen molar-refractivity contribution in [3.8, 4) is 0 Å². The monoisotopic (exact) mass is 307 g/mol. The van der Waals surface area contributed by atoms with Crippen LogP contribution in [0, 0.1) is 6.92 Å². The van der Waals surface area contributed by atoms with E-state index in [1.54, 1.807) is 24.9 Å². The van der Waals surface area contributed by atoms with Gasteiger partial charge in [-0.2, -0.15) is 5.10 Å². The Balaban J connectivity index is 2.01. The fraction of sp³-hybridized carbons (Fsp3) is 0.182. The van der Waals surface area contributed by atoms with Gasteiger partial charge in [-0.3, -0.25) is 4.68 Å². The Labute approximate surface area is 121 Å². The first kappa shape index (κ1) is 13.0. The number of carboxylic acids is 1. The van der Waals surface area contributed by atoms with Crippen molar-refractivity contribution in [3.63, 3.8) is 0 Å². The number of aryl methyl sites for hydroxylation is 2. The van der Waals surface area contributed by atoms with Gasteiger partial charge in [-0.15, -0.1) is 0 Å². The van der Waals surface area contributed by atoms with E-state index in [9.17, 15) is 4.79 Å². The molecule has 0 spiro atoms. The highest BCUT2D eigenvalue weighted by molar-refractivity contribution is 8.01. The lowest BCUT2D eigenvalue weighted by Crippen LogP contribution is -1.94. The zero-order chi connectivity index (χ0) is 14.3.